The number of aliphatic imine (C=N–C) groups is 2. The molecule has 1 aromatic heterocycles. The average Bonchev–Trinajstić information content (AvgIpc) is 2.69. The number of hydrogen-bond donors (Lipinski definition) is 0. The van der Waals surface area contributed by atoms with Crippen molar-refractivity contribution in [2.75, 3.05) is 0 Å². The zero-order valence-electron chi connectivity index (χ0n) is 17.5. The predicted octanol–water partition coefficient (Wildman–Crippen LogP) is 6.60. The maximum atomic E-state index is 4.81. The summed E-state index contributed by atoms with van der Waals surface area (Å²) in [5.41, 5.74) is 10.4. The SMILES string of the molecule is CC(=Nc1cccc(C)c1C)c1cccc(C(C)=Nc2cccc(C)c2C)n1. The lowest BCUT2D eigenvalue weighted by molar-refractivity contribution is 1.23. The maximum Gasteiger partial charge on any atom is 0.0849 e. The Morgan fingerprint density at radius 3 is 1.43 bits per heavy atom. The minimum Gasteiger partial charge on any atom is -0.251 e. The molecular weight excluding hydrogens is 342 g/mol. The Kier molecular flexibility index (Phi) is 5.84. The molecule has 2 aromatic carbocycles. The number of aromatic nitrogens is 1. The summed E-state index contributed by atoms with van der Waals surface area (Å²) in [4.78, 5) is 14.4. The molecule has 0 N–H and O–H groups in total. The second-order valence-corrected chi connectivity index (χ2v) is 7.24. The quantitative estimate of drug-likeness (QED) is 0.478. The molecule has 1 heterocycles. The van der Waals surface area contributed by atoms with Crippen LogP contribution in [0.2, 0.25) is 0 Å². The van der Waals surface area contributed by atoms with Crippen molar-refractivity contribution in [1.29, 1.82) is 0 Å². The summed E-state index contributed by atoms with van der Waals surface area (Å²) in [5.74, 6) is 0. The summed E-state index contributed by atoms with van der Waals surface area (Å²) in [6.07, 6.45) is 0. The number of aryl methyl sites for hydroxylation is 2. The third-order valence-electron chi connectivity index (χ3n) is 5.22. The van der Waals surface area contributed by atoms with Gasteiger partial charge in [0, 0.05) is 0 Å². The second-order valence-electron chi connectivity index (χ2n) is 7.24. The highest BCUT2D eigenvalue weighted by Crippen LogP contribution is 2.23. The van der Waals surface area contributed by atoms with Crippen molar-refractivity contribution >= 4 is 22.8 Å². The number of rotatable bonds is 4. The molecule has 0 aliphatic rings. The molecule has 28 heavy (non-hydrogen) atoms. The van der Waals surface area contributed by atoms with E-state index in [1.165, 1.54) is 22.3 Å². The van der Waals surface area contributed by atoms with Crippen molar-refractivity contribution in [2.24, 2.45) is 9.98 Å². The monoisotopic (exact) mass is 369 g/mol. The van der Waals surface area contributed by atoms with Crippen molar-refractivity contribution in [1.82, 2.24) is 4.98 Å². The highest BCUT2D eigenvalue weighted by Gasteiger charge is 2.07. The van der Waals surface area contributed by atoms with Gasteiger partial charge in [-0.25, -0.2) is 4.98 Å². The van der Waals surface area contributed by atoms with E-state index in [9.17, 15) is 0 Å². The van der Waals surface area contributed by atoms with E-state index in [0.29, 0.717) is 0 Å². The Balaban J connectivity index is 1.95. The molecule has 0 unspecified atom stereocenters. The van der Waals surface area contributed by atoms with Crippen LogP contribution in [0.5, 0.6) is 0 Å². The molecule has 3 heteroatoms. The Hall–Kier alpha value is -3.07. The van der Waals surface area contributed by atoms with Gasteiger partial charge < -0.3 is 0 Å². The van der Waals surface area contributed by atoms with E-state index < -0.39 is 0 Å². The molecule has 0 aliphatic carbocycles. The fourth-order valence-electron chi connectivity index (χ4n) is 3.03. The summed E-state index contributed by atoms with van der Waals surface area (Å²) < 4.78 is 0. The van der Waals surface area contributed by atoms with E-state index in [1.54, 1.807) is 0 Å². The summed E-state index contributed by atoms with van der Waals surface area (Å²) in [6, 6.07) is 18.4. The van der Waals surface area contributed by atoms with Gasteiger partial charge in [-0.2, -0.15) is 0 Å². The fraction of sp³-hybridized carbons (Fsp3) is 0.240. The third-order valence-corrected chi connectivity index (χ3v) is 5.22. The zero-order valence-corrected chi connectivity index (χ0v) is 17.5. The van der Waals surface area contributed by atoms with E-state index >= 15 is 0 Å². The summed E-state index contributed by atoms with van der Waals surface area (Å²) >= 11 is 0. The van der Waals surface area contributed by atoms with Crippen LogP contribution in [0.1, 0.15) is 47.5 Å². The van der Waals surface area contributed by atoms with Crippen molar-refractivity contribution in [3.05, 3.63) is 88.2 Å². The molecule has 0 amide bonds. The lowest BCUT2D eigenvalue weighted by Gasteiger charge is -2.08. The van der Waals surface area contributed by atoms with E-state index in [1.807, 2.05) is 56.3 Å². The van der Waals surface area contributed by atoms with Gasteiger partial charge >= 0.3 is 0 Å². The van der Waals surface area contributed by atoms with Gasteiger partial charge in [0.05, 0.1) is 34.2 Å². The van der Waals surface area contributed by atoms with E-state index in [0.717, 1.165) is 34.2 Å². The zero-order chi connectivity index (χ0) is 20.3. The molecule has 0 saturated carbocycles. The summed E-state index contributed by atoms with van der Waals surface area (Å²) in [6.45, 7) is 12.4. The number of benzene rings is 2. The largest absolute Gasteiger partial charge is 0.251 e. The minimum atomic E-state index is 0.869. The first-order valence-corrected chi connectivity index (χ1v) is 9.57. The maximum absolute atomic E-state index is 4.81. The summed E-state index contributed by atoms with van der Waals surface area (Å²) in [5, 5.41) is 0. The molecule has 0 atom stereocenters. The van der Waals surface area contributed by atoms with Crippen molar-refractivity contribution in [2.45, 2.75) is 41.5 Å². The van der Waals surface area contributed by atoms with Crippen LogP contribution < -0.4 is 0 Å². The molecule has 0 radical (unpaired) electrons. The Labute approximate surface area is 167 Å². The molecule has 0 aliphatic heterocycles. The van der Waals surface area contributed by atoms with Gasteiger partial charge in [0.15, 0.2) is 0 Å². The molecule has 3 aromatic rings. The molecule has 3 rings (SSSR count). The highest BCUT2D eigenvalue weighted by molar-refractivity contribution is 6.02. The predicted molar refractivity (Wildman–Crippen MR) is 120 cm³/mol. The van der Waals surface area contributed by atoms with Crippen molar-refractivity contribution in [3.8, 4) is 0 Å². The van der Waals surface area contributed by atoms with E-state index in [-0.39, 0.29) is 0 Å². The standard InChI is InChI=1S/C25H27N3/c1-16-10-7-12-22(18(16)3)26-20(5)24-14-9-15-25(28-24)21(6)27-23-13-8-11-17(2)19(23)4/h7-15H,1-6H3. The molecule has 0 spiro atoms. The van der Waals surface area contributed by atoms with Gasteiger partial charge in [0.25, 0.3) is 0 Å². The topological polar surface area (TPSA) is 37.6 Å². The van der Waals surface area contributed by atoms with Gasteiger partial charge in [-0.1, -0.05) is 30.3 Å². The van der Waals surface area contributed by atoms with Gasteiger partial charge in [-0.05, 0) is 88.1 Å². The first kappa shape index (κ1) is 19.7. The molecular formula is C25H27N3. The van der Waals surface area contributed by atoms with E-state index in [2.05, 4.69) is 39.8 Å². The number of nitrogens with zero attached hydrogens (tertiary/aromatic N) is 3. The van der Waals surface area contributed by atoms with Gasteiger partial charge in [-0.3, -0.25) is 9.98 Å². The Bertz CT molecular complexity index is 992. The van der Waals surface area contributed by atoms with Crippen molar-refractivity contribution in [3.63, 3.8) is 0 Å². The lowest BCUT2D eigenvalue weighted by Crippen LogP contribution is -2.05. The van der Waals surface area contributed by atoms with Gasteiger partial charge in [-0.15, -0.1) is 0 Å². The smallest absolute Gasteiger partial charge is 0.0849 e. The molecule has 0 saturated heterocycles. The minimum absolute atomic E-state index is 0.869. The lowest BCUT2D eigenvalue weighted by atomic mass is 10.1. The van der Waals surface area contributed by atoms with Crippen LogP contribution in [0.3, 0.4) is 0 Å². The van der Waals surface area contributed by atoms with Gasteiger partial charge in [0.1, 0.15) is 0 Å². The van der Waals surface area contributed by atoms with Crippen LogP contribution >= 0.6 is 0 Å². The normalized spacial score (nSPS) is 12.4. The first-order chi connectivity index (χ1) is 13.4. The molecule has 0 fully saturated rings. The first-order valence-electron chi connectivity index (χ1n) is 9.57. The van der Waals surface area contributed by atoms with E-state index in [4.69, 9.17) is 15.0 Å². The number of pyridine rings is 1. The van der Waals surface area contributed by atoms with Crippen LogP contribution in [-0.4, -0.2) is 16.4 Å². The fourth-order valence-corrected chi connectivity index (χ4v) is 3.03. The molecule has 0 bridgehead atoms. The number of hydrogen-bond acceptors (Lipinski definition) is 3. The highest BCUT2D eigenvalue weighted by atomic mass is 14.8. The van der Waals surface area contributed by atoms with Crippen LogP contribution in [0.15, 0.2) is 64.6 Å². The van der Waals surface area contributed by atoms with Crippen molar-refractivity contribution < 1.29 is 0 Å². The van der Waals surface area contributed by atoms with Crippen LogP contribution in [-0.2, 0) is 0 Å². The average molecular weight is 370 g/mol. The second kappa shape index (κ2) is 8.30. The Morgan fingerprint density at radius 1 is 0.607 bits per heavy atom. The molecule has 3 nitrogen and oxygen atoms in total. The molecule has 142 valence electrons. The third kappa shape index (κ3) is 4.25. The summed E-state index contributed by atoms with van der Waals surface area (Å²) in [7, 11) is 0. The van der Waals surface area contributed by atoms with Gasteiger partial charge in [0.2, 0.25) is 0 Å². The van der Waals surface area contributed by atoms with Crippen LogP contribution in [0.4, 0.5) is 11.4 Å². The van der Waals surface area contributed by atoms with Crippen LogP contribution in [0, 0.1) is 27.7 Å². The Morgan fingerprint density at radius 2 is 1.00 bits per heavy atom. The van der Waals surface area contributed by atoms with Crippen LogP contribution in [0.25, 0.3) is 0 Å².